The Bertz CT molecular complexity index is 1240. The first-order valence-electron chi connectivity index (χ1n) is 8.70. The molecule has 2 aromatic heterocycles. The van der Waals surface area contributed by atoms with Gasteiger partial charge in [-0.05, 0) is 30.0 Å². The average Bonchev–Trinajstić information content (AvgIpc) is 3.20. The second-order valence-electron chi connectivity index (χ2n) is 6.60. The van der Waals surface area contributed by atoms with Crippen LogP contribution < -0.4 is 16.0 Å². The van der Waals surface area contributed by atoms with Gasteiger partial charge in [-0.1, -0.05) is 41.4 Å². The van der Waals surface area contributed by atoms with E-state index < -0.39 is 5.92 Å². The number of hydrogen-bond acceptors (Lipinski definition) is 5. The zero-order valence-electron chi connectivity index (χ0n) is 15.3. The zero-order valence-corrected chi connectivity index (χ0v) is 17.6. The lowest BCUT2D eigenvalue weighted by Gasteiger charge is -2.28. The van der Waals surface area contributed by atoms with E-state index in [1.54, 1.807) is 40.2 Å². The minimum Gasteiger partial charge on any atom is -0.440 e. The number of aryl methyl sites for hydroxylation is 1. The SMILES string of the molecule is Cc1cc2c(c(=O)n1Cc1cccs1)[C@H](c1cccc(Cl)c1Cl)C(C#N)=C(N)O2. The number of rotatable bonds is 3. The summed E-state index contributed by atoms with van der Waals surface area (Å²) in [5.41, 5.74) is 7.48. The fourth-order valence-electron chi connectivity index (χ4n) is 3.50. The van der Waals surface area contributed by atoms with E-state index in [9.17, 15) is 10.1 Å². The molecule has 0 spiro atoms. The molecule has 3 heterocycles. The largest absolute Gasteiger partial charge is 0.440 e. The summed E-state index contributed by atoms with van der Waals surface area (Å²) >= 11 is 14.2. The van der Waals surface area contributed by atoms with E-state index >= 15 is 0 Å². The van der Waals surface area contributed by atoms with Gasteiger partial charge in [-0.15, -0.1) is 11.3 Å². The summed E-state index contributed by atoms with van der Waals surface area (Å²) in [6.07, 6.45) is 0. The molecule has 8 heteroatoms. The number of benzene rings is 1. The molecule has 5 nitrogen and oxygen atoms in total. The molecule has 3 aromatic rings. The van der Waals surface area contributed by atoms with E-state index in [-0.39, 0.29) is 22.0 Å². The zero-order chi connectivity index (χ0) is 20.7. The van der Waals surface area contributed by atoms with Gasteiger partial charge in [-0.25, -0.2) is 0 Å². The first-order chi connectivity index (χ1) is 13.9. The quantitative estimate of drug-likeness (QED) is 0.630. The Morgan fingerprint density at radius 3 is 2.79 bits per heavy atom. The van der Waals surface area contributed by atoms with Crippen LogP contribution in [0.5, 0.6) is 5.75 Å². The number of aromatic nitrogens is 1. The number of hydrogen-bond donors (Lipinski definition) is 1. The monoisotopic (exact) mass is 443 g/mol. The van der Waals surface area contributed by atoms with Crippen molar-refractivity contribution in [2.24, 2.45) is 5.73 Å². The van der Waals surface area contributed by atoms with Crippen LogP contribution in [0.1, 0.15) is 27.6 Å². The van der Waals surface area contributed by atoms with Gasteiger partial charge in [0.25, 0.3) is 5.56 Å². The van der Waals surface area contributed by atoms with Crippen LogP contribution in [0.2, 0.25) is 10.0 Å². The molecular weight excluding hydrogens is 429 g/mol. The van der Waals surface area contributed by atoms with Crippen molar-refractivity contribution < 1.29 is 4.74 Å². The van der Waals surface area contributed by atoms with Gasteiger partial charge in [0.15, 0.2) is 0 Å². The smallest absolute Gasteiger partial charge is 0.259 e. The molecule has 0 unspecified atom stereocenters. The molecule has 1 aliphatic rings. The van der Waals surface area contributed by atoms with Crippen molar-refractivity contribution in [3.05, 3.63) is 95.3 Å². The molecule has 4 rings (SSSR count). The van der Waals surface area contributed by atoms with Crippen molar-refractivity contribution in [1.82, 2.24) is 4.57 Å². The summed E-state index contributed by atoms with van der Waals surface area (Å²) < 4.78 is 7.32. The number of fused-ring (bicyclic) bond motifs is 1. The molecule has 0 bridgehead atoms. The van der Waals surface area contributed by atoms with Gasteiger partial charge < -0.3 is 15.0 Å². The second-order valence-corrected chi connectivity index (χ2v) is 8.42. The highest BCUT2D eigenvalue weighted by atomic mass is 35.5. The molecule has 1 aromatic carbocycles. The molecule has 146 valence electrons. The topological polar surface area (TPSA) is 81.0 Å². The van der Waals surface area contributed by atoms with E-state index in [4.69, 9.17) is 33.7 Å². The summed E-state index contributed by atoms with van der Waals surface area (Å²) in [5, 5.41) is 12.3. The number of allylic oxidation sites excluding steroid dienone is 1. The first-order valence-corrected chi connectivity index (χ1v) is 10.3. The van der Waals surface area contributed by atoms with Gasteiger partial charge in [-0.3, -0.25) is 4.79 Å². The average molecular weight is 444 g/mol. The van der Waals surface area contributed by atoms with Crippen LogP contribution in [-0.4, -0.2) is 4.57 Å². The number of pyridine rings is 1. The Kier molecular flexibility index (Phi) is 5.13. The summed E-state index contributed by atoms with van der Waals surface area (Å²) in [7, 11) is 0. The molecule has 0 saturated heterocycles. The van der Waals surface area contributed by atoms with Gasteiger partial charge in [0, 0.05) is 16.6 Å². The van der Waals surface area contributed by atoms with Crippen LogP contribution in [0, 0.1) is 18.3 Å². The Morgan fingerprint density at radius 2 is 2.10 bits per heavy atom. The van der Waals surface area contributed by atoms with Gasteiger partial charge in [-0.2, -0.15) is 5.26 Å². The molecule has 0 radical (unpaired) electrons. The van der Waals surface area contributed by atoms with Crippen molar-refractivity contribution >= 4 is 34.5 Å². The molecule has 0 fully saturated rings. The van der Waals surface area contributed by atoms with E-state index in [0.717, 1.165) is 10.6 Å². The number of thiophene rings is 1. The van der Waals surface area contributed by atoms with E-state index in [2.05, 4.69) is 6.07 Å². The van der Waals surface area contributed by atoms with Gasteiger partial charge >= 0.3 is 0 Å². The molecule has 29 heavy (non-hydrogen) atoms. The number of ether oxygens (including phenoxy) is 1. The molecule has 2 N–H and O–H groups in total. The minimum absolute atomic E-state index is 0.0455. The maximum atomic E-state index is 13.5. The molecular formula is C21H15Cl2N3O2S. The molecule has 1 atom stereocenters. The fourth-order valence-corrected chi connectivity index (χ4v) is 4.61. The lowest BCUT2D eigenvalue weighted by molar-refractivity contribution is 0.389. The van der Waals surface area contributed by atoms with Crippen molar-refractivity contribution in [1.29, 1.82) is 5.26 Å². The number of nitriles is 1. The lowest BCUT2D eigenvalue weighted by atomic mass is 9.84. The van der Waals surface area contributed by atoms with Crippen LogP contribution in [0.25, 0.3) is 0 Å². The van der Waals surface area contributed by atoms with Crippen LogP contribution in [0.3, 0.4) is 0 Å². The highest BCUT2D eigenvalue weighted by molar-refractivity contribution is 7.09. The molecule has 0 aliphatic carbocycles. The predicted octanol–water partition coefficient (Wildman–Crippen LogP) is 4.79. The van der Waals surface area contributed by atoms with Crippen LogP contribution in [0.4, 0.5) is 0 Å². The van der Waals surface area contributed by atoms with Crippen molar-refractivity contribution in [3.8, 4) is 11.8 Å². The maximum Gasteiger partial charge on any atom is 0.259 e. The minimum atomic E-state index is -0.766. The number of halogens is 2. The third-order valence-electron chi connectivity index (χ3n) is 4.88. The van der Waals surface area contributed by atoms with Gasteiger partial charge in [0.2, 0.25) is 5.88 Å². The summed E-state index contributed by atoms with van der Waals surface area (Å²) in [6, 6.07) is 12.9. The maximum absolute atomic E-state index is 13.5. The number of nitrogens with two attached hydrogens (primary N) is 1. The fraction of sp³-hybridized carbons (Fsp3) is 0.143. The van der Waals surface area contributed by atoms with Crippen molar-refractivity contribution in [2.45, 2.75) is 19.4 Å². The Hall–Kier alpha value is -2.72. The van der Waals surface area contributed by atoms with E-state index in [1.807, 2.05) is 24.4 Å². The Morgan fingerprint density at radius 1 is 1.31 bits per heavy atom. The number of nitrogens with zero attached hydrogens (tertiary/aromatic N) is 2. The third kappa shape index (κ3) is 3.32. The van der Waals surface area contributed by atoms with Crippen LogP contribution in [0.15, 0.2) is 58.0 Å². The molecule has 0 saturated carbocycles. The van der Waals surface area contributed by atoms with E-state index in [1.165, 1.54) is 0 Å². The Balaban J connectivity index is 1.99. The molecule has 0 amide bonds. The summed E-state index contributed by atoms with van der Waals surface area (Å²) in [5.74, 6) is -0.485. The first kappa shape index (κ1) is 19.6. The van der Waals surface area contributed by atoms with Crippen molar-refractivity contribution in [2.75, 3.05) is 0 Å². The normalized spacial score (nSPS) is 15.6. The highest BCUT2D eigenvalue weighted by Gasteiger charge is 2.35. The highest BCUT2D eigenvalue weighted by Crippen LogP contribution is 2.44. The summed E-state index contributed by atoms with van der Waals surface area (Å²) in [6.45, 7) is 2.26. The van der Waals surface area contributed by atoms with Crippen LogP contribution in [-0.2, 0) is 6.54 Å². The van der Waals surface area contributed by atoms with Gasteiger partial charge in [0.1, 0.15) is 17.4 Å². The Labute approximate surface area is 181 Å². The third-order valence-corrected chi connectivity index (χ3v) is 6.57. The lowest BCUT2D eigenvalue weighted by Crippen LogP contribution is -2.33. The molecule has 1 aliphatic heterocycles. The summed E-state index contributed by atoms with van der Waals surface area (Å²) in [4.78, 5) is 14.6. The predicted molar refractivity (Wildman–Crippen MR) is 115 cm³/mol. The van der Waals surface area contributed by atoms with E-state index in [0.29, 0.717) is 28.4 Å². The van der Waals surface area contributed by atoms with Crippen LogP contribution >= 0.6 is 34.5 Å². The van der Waals surface area contributed by atoms with Crippen molar-refractivity contribution in [3.63, 3.8) is 0 Å². The standard InChI is InChI=1S/C21H15Cl2N3O2S/c1-11-8-16-18(21(27)26(11)10-12-4-3-7-29-12)17(14(9-24)20(25)28-16)13-5-2-6-15(22)19(13)23/h2-8,17H,10,25H2,1H3/t17-/m1/s1. The second kappa shape index (κ2) is 7.60. The van der Waals surface area contributed by atoms with Gasteiger partial charge in [0.05, 0.1) is 28.1 Å².